The third kappa shape index (κ3) is 2.83. The minimum atomic E-state index is -0.998. The predicted molar refractivity (Wildman–Crippen MR) is 48.3 cm³/mol. The van der Waals surface area contributed by atoms with Crippen LogP contribution in [0, 0.1) is 6.92 Å². The summed E-state index contributed by atoms with van der Waals surface area (Å²) in [6.45, 7) is 1.92. The van der Waals surface area contributed by atoms with E-state index in [2.05, 4.69) is 4.98 Å². The molecule has 0 saturated carbocycles. The first-order valence-corrected chi connectivity index (χ1v) is 3.99. The number of carbonyl (C=O) groups is 1. The van der Waals surface area contributed by atoms with E-state index >= 15 is 0 Å². The maximum absolute atomic E-state index is 10.4. The Bertz CT molecular complexity index is 295. The van der Waals surface area contributed by atoms with Gasteiger partial charge in [-0.05, 0) is 18.6 Å². The zero-order chi connectivity index (χ0) is 9.84. The van der Waals surface area contributed by atoms with E-state index in [1.807, 2.05) is 13.0 Å². The highest BCUT2D eigenvalue weighted by Crippen LogP contribution is 2.01. The van der Waals surface area contributed by atoms with Gasteiger partial charge in [0.05, 0.1) is 0 Å². The van der Waals surface area contributed by atoms with E-state index in [4.69, 9.17) is 10.8 Å². The van der Waals surface area contributed by atoms with Crippen LogP contribution >= 0.6 is 0 Å². The molecule has 70 valence electrons. The summed E-state index contributed by atoms with van der Waals surface area (Å²) in [7, 11) is 0. The first-order valence-electron chi connectivity index (χ1n) is 3.99. The molecule has 4 nitrogen and oxygen atoms in total. The molecular weight excluding hydrogens is 168 g/mol. The summed E-state index contributed by atoms with van der Waals surface area (Å²) in [5, 5.41) is 8.55. The summed E-state index contributed by atoms with van der Waals surface area (Å²) in [6, 6.07) is 2.81. The molecule has 0 aliphatic rings. The molecule has 0 saturated heterocycles. The van der Waals surface area contributed by atoms with Crippen LogP contribution in [-0.4, -0.2) is 22.1 Å². The van der Waals surface area contributed by atoms with E-state index in [9.17, 15) is 4.79 Å². The number of aromatic nitrogens is 1. The number of carboxylic acid groups (broad SMARTS) is 1. The van der Waals surface area contributed by atoms with Crippen LogP contribution in [0.1, 0.15) is 11.3 Å². The summed E-state index contributed by atoms with van der Waals surface area (Å²) in [5.41, 5.74) is 7.10. The Hall–Kier alpha value is -1.42. The Morgan fingerprint density at radius 3 is 2.85 bits per heavy atom. The molecule has 0 radical (unpaired) electrons. The Morgan fingerprint density at radius 2 is 2.38 bits per heavy atom. The molecule has 4 heteroatoms. The van der Waals surface area contributed by atoms with Gasteiger partial charge >= 0.3 is 5.97 Å². The fraction of sp³-hybridized carbons (Fsp3) is 0.333. The molecular formula is C9H12N2O2. The van der Waals surface area contributed by atoms with Gasteiger partial charge in [-0.2, -0.15) is 0 Å². The predicted octanol–water partition coefficient (Wildman–Crippen LogP) is 0.344. The van der Waals surface area contributed by atoms with Gasteiger partial charge in [0.1, 0.15) is 6.04 Å². The van der Waals surface area contributed by atoms with E-state index in [0.717, 1.165) is 5.56 Å². The number of pyridine rings is 1. The van der Waals surface area contributed by atoms with E-state index in [0.29, 0.717) is 5.69 Å². The maximum atomic E-state index is 10.4. The van der Waals surface area contributed by atoms with Crippen LogP contribution in [-0.2, 0) is 11.2 Å². The molecule has 1 heterocycles. The third-order valence-corrected chi connectivity index (χ3v) is 1.72. The van der Waals surface area contributed by atoms with E-state index in [1.165, 1.54) is 0 Å². The Kier molecular flexibility index (Phi) is 2.97. The van der Waals surface area contributed by atoms with Gasteiger partial charge in [0.25, 0.3) is 0 Å². The number of rotatable bonds is 3. The van der Waals surface area contributed by atoms with Crippen molar-refractivity contribution in [2.45, 2.75) is 19.4 Å². The number of nitrogens with zero attached hydrogens (tertiary/aromatic N) is 1. The quantitative estimate of drug-likeness (QED) is 0.703. The zero-order valence-electron chi connectivity index (χ0n) is 7.40. The van der Waals surface area contributed by atoms with Crippen LogP contribution in [0.25, 0.3) is 0 Å². The lowest BCUT2D eigenvalue weighted by Crippen LogP contribution is -2.32. The normalized spacial score (nSPS) is 12.5. The average molecular weight is 180 g/mol. The molecule has 1 rings (SSSR count). The van der Waals surface area contributed by atoms with Crippen LogP contribution in [0.2, 0.25) is 0 Å². The number of aliphatic carboxylic acids is 1. The SMILES string of the molecule is Cc1ccc(C[C@H](N)C(=O)O)nc1. The Balaban J connectivity index is 2.64. The minimum Gasteiger partial charge on any atom is -0.480 e. The summed E-state index contributed by atoms with van der Waals surface area (Å²) in [4.78, 5) is 14.5. The van der Waals surface area contributed by atoms with Gasteiger partial charge in [0.15, 0.2) is 0 Å². The first-order chi connectivity index (χ1) is 6.09. The largest absolute Gasteiger partial charge is 0.480 e. The molecule has 3 N–H and O–H groups in total. The van der Waals surface area contributed by atoms with Gasteiger partial charge in [0, 0.05) is 18.3 Å². The Labute approximate surface area is 76.4 Å². The van der Waals surface area contributed by atoms with Crippen molar-refractivity contribution in [1.29, 1.82) is 0 Å². The fourth-order valence-electron chi connectivity index (χ4n) is 0.932. The molecule has 1 atom stereocenters. The molecule has 0 amide bonds. The van der Waals surface area contributed by atoms with E-state index < -0.39 is 12.0 Å². The average Bonchev–Trinajstić information content (AvgIpc) is 2.08. The smallest absolute Gasteiger partial charge is 0.320 e. The standard InChI is InChI=1S/C9H12N2O2/c1-6-2-3-7(11-5-6)4-8(10)9(12)13/h2-3,5,8H,4,10H2,1H3,(H,12,13)/t8-/m0/s1. The monoisotopic (exact) mass is 180 g/mol. The van der Waals surface area contributed by atoms with Crippen LogP contribution in [0.4, 0.5) is 0 Å². The summed E-state index contributed by atoms with van der Waals surface area (Å²) in [6.07, 6.45) is 1.97. The number of carboxylic acids is 1. The van der Waals surface area contributed by atoms with E-state index in [-0.39, 0.29) is 6.42 Å². The molecule has 0 aliphatic carbocycles. The van der Waals surface area contributed by atoms with Gasteiger partial charge in [-0.3, -0.25) is 9.78 Å². The van der Waals surface area contributed by atoms with Crippen molar-refractivity contribution in [2.75, 3.05) is 0 Å². The van der Waals surface area contributed by atoms with Crippen molar-refractivity contribution < 1.29 is 9.90 Å². The molecule has 13 heavy (non-hydrogen) atoms. The highest BCUT2D eigenvalue weighted by atomic mass is 16.4. The summed E-state index contributed by atoms with van der Waals surface area (Å²) in [5.74, 6) is -0.998. The molecule has 0 aliphatic heterocycles. The number of hydrogen-bond donors (Lipinski definition) is 2. The van der Waals surface area contributed by atoms with Crippen molar-refractivity contribution in [3.8, 4) is 0 Å². The van der Waals surface area contributed by atoms with Crippen LogP contribution < -0.4 is 5.73 Å². The molecule has 0 unspecified atom stereocenters. The molecule has 0 aromatic carbocycles. The topological polar surface area (TPSA) is 76.2 Å². The molecule has 1 aromatic heterocycles. The zero-order valence-corrected chi connectivity index (χ0v) is 7.40. The fourth-order valence-corrected chi connectivity index (χ4v) is 0.932. The van der Waals surface area contributed by atoms with Crippen molar-refractivity contribution in [2.24, 2.45) is 5.73 Å². The van der Waals surface area contributed by atoms with Crippen LogP contribution in [0.15, 0.2) is 18.3 Å². The van der Waals surface area contributed by atoms with Crippen molar-refractivity contribution >= 4 is 5.97 Å². The molecule has 0 fully saturated rings. The van der Waals surface area contributed by atoms with Crippen molar-refractivity contribution in [1.82, 2.24) is 4.98 Å². The van der Waals surface area contributed by atoms with E-state index in [1.54, 1.807) is 12.3 Å². The number of aryl methyl sites for hydroxylation is 1. The van der Waals surface area contributed by atoms with Crippen molar-refractivity contribution in [3.63, 3.8) is 0 Å². The Morgan fingerprint density at radius 1 is 1.69 bits per heavy atom. The lowest BCUT2D eigenvalue weighted by Gasteiger charge is -2.04. The second kappa shape index (κ2) is 4.00. The second-order valence-corrected chi connectivity index (χ2v) is 2.98. The highest BCUT2D eigenvalue weighted by molar-refractivity contribution is 5.73. The van der Waals surface area contributed by atoms with Gasteiger partial charge in [-0.15, -0.1) is 0 Å². The number of nitrogens with two attached hydrogens (primary N) is 1. The molecule has 0 bridgehead atoms. The lowest BCUT2D eigenvalue weighted by atomic mass is 10.1. The molecule has 0 spiro atoms. The number of hydrogen-bond acceptors (Lipinski definition) is 3. The van der Waals surface area contributed by atoms with Gasteiger partial charge in [-0.1, -0.05) is 6.07 Å². The van der Waals surface area contributed by atoms with Crippen molar-refractivity contribution in [3.05, 3.63) is 29.6 Å². The highest BCUT2D eigenvalue weighted by Gasteiger charge is 2.12. The lowest BCUT2D eigenvalue weighted by molar-refractivity contribution is -0.138. The minimum absolute atomic E-state index is 0.273. The van der Waals surface area contributed by atoms with Gasteiger partial charge in [0.2, 0.25) is 0 Å². The van der Waals surface area contributed by atoms with Crippen LogP contribution in [0.3, 0.4) is 0 Å². The molecule has 1 aromatic rings. The maximum Gasteiger partial charge on any atom is 0.320 e. The van der Waals surface area contributed by atoms with Gasteiger partial charge < -0.3 is 10.8 Å². The summed E-state index contributed by atoms with van der Waals surface area (Å²) >= 11 is 0. The first kappa shape index (κ1) is 9.67. The third-order valence-electron chi connectivity index (χ3n) is 1.72. The summed E-state index contributed by atoms with van der Waals surface area (Å²) < 4.78 is 0. The second-order valence-electron chi connectivity index (χ2n) is 2.98. The van der Waals surface area contributed by atoms with Crippen LogP contribution in [0.5, 0.6) is 0 Å². The van der Waals surface area contributed by atoms with Gasteiger partial charge in [-0.25, -0.2) is 0 Å².